The maximum atomic E-state index is 2.39. The van der Waals surface area contributed by atoms with Crippen molar-refractivity contribution in [3.8, 4) is 0 Å². The van der Waals surface area contributed by atoms with Crippen molar-refractivity contribution in [1.29, 1.82) is 0 Å². The molecule has 0 N–H and O–H groups in total. The molecular formula is C17H33N2+. The topological polar surface area (TPSA) is 8.81 Å². The molecule has 0 aromatic carbocycles. The fourth-order valence-corrected chi connectivity index (χ4v) is 2.78. The van der Waals surface area contributed by atoms with Gasteiger partial charge in [0.25, 0.3) is 5.82 Å². The molecule has 2 nitrogen and oxygen atoms in total. The Morgan fingerprint density at radius 2 is 1.53 bits per heavy atom. The molecule has 1 aromatic rings. The zero-order chi connectivity index (χ0) is 13.9. The number of nitrogens with zero attached hydrogens (tertiary/aromatic N) is 2. The third-order valence-electron chi connectivity index (χ3n) is 4.02. The zero-order valence-electron chi connectivity index (χ0n) is 13.3. The van der Waals surface area contributed by atoms with Gasteiger partial charge in [0, 0.05) is 6.42 Å². The molecule has 1 heterocycles. The van der Waals surface area contributed by atoms with E-state index in [9.17, 15) is 0 Å². The van der Waals surface area contributed by atoms with Crippen molar-refractivity contribution in [2.24, 2.45) is 0 Å². The van der Waals surface area contributed by atoms with Gasteiger partial charge < -0.3 is 0 Å². The summed E-state index contributed by atoms with van der Waals surface area (Å²) in [5, 5.41) is 0. The summed E-state index contributed by atoms with van der Waals surface area (Å²) in [4.78, 5) is 0. The number of aromatic nitrogens is 2. The lowest BCUT2D eigenvalue weighted by atomic mass is 10.1. The number of aryl methyl sites for hydroxylation is 2. The van der Waals surface area contributed by atoms with Crippen molar-refractivity contribution < 1.29 is 4.57 Å². The van der Waals surface area contributed by atoms with Crippen LogP contribution < -0.4 is 4.57 Å². The molecule has 0 fully saturated rings. The van der Waals surface area contributed by atoms with E-state index in [1.807, 2.05) is 0 Å². The van der Waals surface area contributed by atoms with E-state index in [0.29, 0.717) is 0 Å². The van der Waals surface area contributed by atoms with Crippen LogP contribution in [0.2, 0.25) is 0 Å². The van der Waals surface area contributed by atoms with Crippen LogP contribution in [-0.2, 0) is 19.5 Å². The van der Waals surface area contributed by atoms with Crippen molar-refractivity contribution in [2.45, 2.75) is 91.6 Å². The minimum atomic E-state index is 1.10. The van der Waals surface area contributed by atoms with Crippen LogP contribution in [0.25, 0.3) is 0 Å². The van der Waals surface area contributed by atoms with Gasteiger partial charge in [-0.2, -0.15) is 0 Å². The number of imidazole rings is 1. The molecule has 1 rings (SSSR count). The summed E-state index contributed by atoms with van der Waals surface area (Å²) >= 11 is 0. The quantitative estimate of drug-likeness (QED) is 0.411. The highest BCUT2D eigenvalue weighted by molar-refractivity contribution is 4.83. The Kier molecular flexibility index (Phi) is 8.61. The van der Waals surface area contributed by atoms with Gasteiger partial charge in [-0.3, -0.25) is 0 Å². The largest absolute Gasteiger partial charge is 0.256 e. The van der Waals surface area contributed by atoms with Gasteiger partial charge in [-0.15, -0.1) is 0 Å². The van der Waals surface area contributed by atoms with Crippen molar-refractivity contribution in [3.63, 3.8) is 0 Å². The highest BCUT2D eigenvalue weighted by Crippen LogP contribution is 2.10. The third kappa shape index (κ3) is 5.80. The molecule has 0 unspecified atom stereocenters. The van der Waals surface area contributed by atoms with E-state index in [1.54, 1.807) is 0 Å². The molecule has 2 heteroatoms. The summed E-state index contributed by atoms with van der Waals surface area (Å²) in [6, 6.07) is 0. The number of rotatable bonds is 11. The van der Waals surface area contributed by atoms with E-state index in [0.717, 1.165) is 13.1 Å². The monoisotopic (exact) mass is 265 g/mol. The Hall–Kier alpha value is -0.790. The highest BCUT2D eigenvalue weighted by atomic mass is 15.1. The average molecular weight is 265 g/mol. The smallest absolute Gasteiger partial charge is 0.235 e. The molecule has 0 aliphatic carbocycles. The lowest BCUT2D eigenvalue weighted by Gasteiger charge is -2.03. The first-order chi connectivity index (χ1) is 9.33. The van der Waals surface area contributed by atoms with Crippen molar-refractivity contribution in [2.75, 3.05) is 0 Å². The molecule has 1 aromatic heterocycles. The van der Waals surface area contributed by atoms with E-state index in [1.165, 1.54) is 63.6 Å². The third-order valence-corrected chi connectivity index (χ3v) is 4.02. The molecule has 0 saturated heterocycles. The molecule has 0 radical (unpaired) electrons. The first-order valence-electron chi connectivity index (χ1n) is 8.40. The SMILES string of the molecule is CCCCCCCCCCc1n(CC)cc[n+]1CC. The minimum Gasteiger partial charge on any atom is -0.235 e. The van der Waals surface area contributed by atoms with Crippen molar-refractivity contribution in [3.05, 3.63) is 18.2 Å². The molecule has 0 amide bonds. The van der Waals surface area contributed by atoms with E-state index in [2.05, 4.69) is 42.3 Å². The summed E-state index contributed by atoms with van der Waals surface area (Å²) in [6.07, 6.45) is 16.9. The Morgan fingerprint density at radius 3 is 2.11 bits per heavy atom. The Balaban J connectivity index is 2.16. The first kappa shape index (κ1) is 16.3. The Morgan fingerprint density at radius 1 is 0.895 bits per heavy atom. The van der Waals surface area contributed by atoms with Crippen LogP contribution in [0.15, 0.2) is 12.4 Å². The molecule has 0 aliphatic heterocycles. The molecule has 0 saturated carbocycles. The van der Waals surface area contributed by atoms with E-state index in [4.69, 9.17) is 0 Å². The van der Waals surface area contributed by atoms with Crippen LogP contribution >= 0.6 is 0 Å². The Labute approximate surface area is 119 Å². The van der Waals surface area contributed by atoms with E-state index < -0.39 is 0 Å². The second kappa shape index (κ2) is 10.1. The van der Waals surface area contributed by atoms with Crippen LogP contribution in [0.5, 0.6) is 0 Å². The van der Waals surface area contributed by atoms with Gasteiger partial charge in [0.1, 0.15) is 12.4 Å². The lowest BCUT2D eigenvalue weighted by molar-refractivity contribution is -0.700. The maximum Gasteiger partial charge on any atom is 0.256 e. The fourth-order valence-electron chi connectivity index (χ4n) is 2.78. The van der Waals surface area contributed by atoms with Crippen LogP contribution in [0, 0.1) is 0 Å². The first-order valence-corrected chi connectivity index (χ1v) is 8.40. The summed E-state index contributed by atoms with van der Waals surface area (Å²) in [6.45, 7) is 8.94. The van der Waals surface area contributed by atoms with Crippen molar-refractivity contribution >= 4 is 0 Å². The Bertz CT molecular complexity index is 307. The van der Waals surface area contributed by atoms with Crippen LogP contribution in [0.3, 0.4) is 0 Å². The normalized spacial score (nSPS) is 11.1. The van der Waals surface area contributed by atoms with E-state index in [-0.39, 0.29) is 0 Å². The summed E-state index contributed by atoms with van der Waals surface area (Å²) in [7, 11) is 0. The van der Waals surface area contributed by atoms with Gasteiger partial charge in [-0.05, 0) is 20.3 Å². The van der Waals surface area contributed by atoms with Gasteiger partial charge in [0.05, 0.1) is 13.1 Å². The second-order valence-electron chi connectivity index (χ2n) is 5.51. The van der Waals surface area contributed by atoms with Crippen LogP contribution in [-0.4, -0.2) is 4.57 Å². The lowest BCUT2D eigenvalue weighted by Crippen LogP contribution is -2.35. The summed E-state index contributed by atoms with van der Waals surface area (Å²) < 4.78 is 4.79. The standard InChI is InChI=1S/C17H33N2/c1-4-7-8-9-10-11-12-13-14-17-18(5-2)15-16-19(17)6-3/h15-16H,4-14H2,1-3H3/q+1. The average Bonchev–Trinajstić information content (AvgIpc) is 2.83. The van der Waals surface area contributed by atoms with Gasteiger partial charge in [0.2, 0.25) is 0 Å². The van der Waals surface area contributed by atoms with Gasteiger partial charge in [-0.1, -0.05) is 51.9 Å². The second-order valence-corrected chi connectivity index (χ2v) is 5.51. The molecule has 0 atom stereocenters. The predicted molar refractivity (Wildman–Crippen MR) is 82.3 cm³/mol. The molecule has 0 bridgehead atoms. The number of hydrogen-bond acceptors (Lipinski definition) is 0. The maximum absolute atomic E-state index is 2.39. The summed E-state index contributed by atoms with van der Waals surface area (Å²) in [5.74, 6) is 1.51. The van der Waals surface area contributed by atoms with Gasteiger partial charge in [0.15, 0.2) is 0 Å². The van der Waals surface area contributed by atoms with Gasteiger partial charge >= 0.3 is 0 Å². The minimum absolute atomic E-state index is 1.10. The van der Waals surface area contributed by atoms with Crippen molar-refractivity contribution in [1.82, 2.24) is 4.57 Å². The zero-order valence-corrected chi connectivity index (χ0v) is 13.3. The molecule has 0 spiro atoms. The molecular weight excluding hydrogens is 232 g/mol. The molecule has 19 heavy (non-hydrogen) atoms. The predicted octanol–water partition coefficient (Wildman–Crippen LogP) is 4.50. The number of unbranched alkanes of at least 4 members (excludes halogenated alkanes) is 7. The molecule has 110 valence electrons. The van der Waals surface area contributed by atoms with Crippen LogP contribution in [0.4, 0.5) is 0 Å². The fraction of sp³-hybridized carbons (Fsp3) is 0.824. The van der Waals surface area contributed by atoms with Gasteiger partial charge in [-0.25, -0.2) is 9.13 Å². The number of hydrogen-bond donors (Lipinski definition) is 0. The van der Waals surface area contributed by atoms with Crippen LogP contribution in [0.1, 0.15) is 78.0 Å². The molecule has 0 aliphatic rings. The highest BCUT2D eigenvalue weighted by Gasteiger charge is 2.13. The summed E-state index contributed by atoms with van der Waals surface area (Å²) in [5.41, 5.74) is 0. The van der Waals surface area contributed by atoms with E-state index >= 15 is 0 Å².